The fraction of sp³-hybridized carbons (Fsp3) is 0.250. The lowest BCUT2D eigenvalue weighted by Gasteiger charge is -2.21. The van der Waals surface area contributed by atoms with E-state index in [1.165, 1.54) is 12.3 Å². The van der Waals surface area contributed by atoms with E-state index in [4.69, 9.17) is 0 Å². The van der Waals surface area contributed by atoms with Gasteiger partial charge in [-0.15, -0.1) is 0 Å². The minimum Gasteiger partial charge on any atom is -0.379 e. The first-order chi connectivity index (χ1) is 10.7. The van der Waals surface area contributed by atoms with Crippen molar-refractivity contribution in [2.24, 2.45) is 0 Å². The number of anilines is 2. The van der Waals surface area contributed by atoms with Crippen LogP contribution in [0.5, 0.6) is 0 Å². The van der Waals surface area contributed by atoms with Crippen molar-refractivity contribution in [2.75, 3.05) is 10.6 Å². The highest BCUT2D eigenvalue weighted by Crippen LogP contribution is 2.20. The Kier molecular flexibility index (Phi) is 4.58. The van der Waals surface area contributed by atoms with Crippen molar-refractivity contribution in [3.8, 4) is 0 Å². The monoisotopic (exact) mass is 323 g/mol. The van der Waals surface area contributed by atoms with Gasteiger partial charge in [0.2, 0.25) is 0 Å². The van der Waals surface area contributed by atoms with Crippen LogP contribution in [0.25, 0.3) is 0 Å². The molecule has 7 heteroatoms. The summed E-state index contributed by atoms with van der Waals surface area (Å²) in [6.45, 7) is 5.92. The molecule has 0 aliphatic rings. The zero-order chi connectivity index (χ0) is 17.2. The summed E-state index contributed by atoms with van der Waals surface area (Å²) in [6, 6.07) is 4.77. The number of nitrogens with one attached hydrogen (secondary N) is 2. The predicted molar refractivity (Wildman–Crippen MR) is 81.9 cm³/mol. The average Bonchev–Trinajstić information content (AvgIpc) is 2.47. The fourth-order valence-electron chi connectivity index (χ4n) is 1.84. The number of carbonyl (C=O) groups excluding carboxylic acids is 1. The highest BCUT2D eigenvalue weighted by molar-refractivity contribution is 6.03. The number of nitrogens with zero attached hydrogens (tertiary/aromatic N) is 1. The van der Waals surface area contributed by atoms with Gasteiger partial charge in [-0.25, -0.2) is 18.2 Å². The van der Waals surface area contributed by atoms with E-state index in [-0.39, 0.29) is 11.2 Å². The van der Waals surface area contributed by atoms with Gasteiger partial charge >= 0.3 is 0 Å². The van der Waals surface area contributed by atoms with E-state index in [1.54, 1.807) is 6.07 Å². The molecule has 2 aromatic rings. The molecule has 0 aliphatic carbocycles. The summed E-state index contributed by atoms with van der Waals surface area (Å²) < 4.78 is 39.5. The molecule has 0 bridgehead atoms. The van der Waals surface area contributed by atoms with Crippen LogP contribution >= 0.6 is 0 Å². The summed E-state index contributed by atoms with van der Waals surface area (Å²) >= 11 is 0. The van der Waals surface area contributed by atoms with Crippen LogP contribution in [-0.4, -0.2) is 16.4 Å². The number of carbonyl (C=O) groups is 1. The van der Waals surface area contributed by atoms with Crippen LogP contribution in [0, 0.1) is 17.5 Å². The third-order valence-electron chi connectivity index (χ3n) is 2.80. The Hall–Kier alpha value is -2.57. The Balaban J connectivity index is 2.14. The topological polar surface area (TPSA) is 54.0 Å². The third-order valence-corrected chi connectivity index (χ3v) is 2.80. The van der Waals surface area contributed by atoms with Gasteiger partial charge < -0.3 is 10.6 Å². The van der Waals surface area contributed by atoms with E-state index in [9.17, 15) is 18.0 Å². The van der Waals surface area contributed by atoms with Crippen molar-refractivity contribution in [3.05, 3.63) is 53.6 Å². The normalized spacial score (nSPS) is 11.2. The van der Waals surface area contributed by atoms with Crippen molar-refractivity contribution in [2.45, 2.75) is 26.3 Å². The fourth-order valence-corrected chi connectivity index (χ4v) is 1.84. The lowest BCUT2D eigenvalue weighted by atomic mass is 10.1. The molecule has 0 saturated carbocycles. The molecule has 0 atom stereocenters. The number of halogens is 3. The molecule has 1 amide bonds. The van der Waals surface area contributed by atoms with Crippen molar-refractivity contribution in [1.29, 1.82) is 0 Å². The Morgan fingerprint density at radius 2 is 1.74 bits per heavy atom. The molecule has 122 valence electrons. The van der Waals surface area contributed by atoms with Gasteiger partial charge in [0.25, 0.3) is 5.91 Å². The van der Waals surface area contributed by atoms with Crippen LogP contribution in [0.2, 0.25) is 0 Å². The van der Waals surface area contributed by atoms with E-state index in [0.29, 0.717) is 5.69 Å². The van der Waals surface area contributed by atoms with Gasteiger partial charge in [0, 0.05) is 5.54 Å². The van der Waals surface area contributed by atoms with Crippen LogP contribution in [0.4, 0.5) is 24.5 Å². The minimum atomic E-state index is -1.64. The van der Waals surface area contributed by atoms with E-state index < -0.39 is 29.0 Å². The first kappa shape index (κ1) is 16.8. The molecular formula is C16H16F3N3O. The molecule has 4 nitrogen and oxygen atoms in total. The molecular weight excluding hydrogens is 307 g/mol. The standard InChI is InChI=1S/C16H16F3N3O/c1-16(2,3)22-9-4-6-12(20-8-9)15(23)21-11-7-5-10(17)13(18)14(11)19/h4-8,22H,1-3H3,(H,21,23). The van der Waals surface area contributed by atoms with Crippen LogP contribution in [0.1, 0.15) is 31.3 Å². The number of hydrogen-bond donors (Lipinski definition) is 2. The second-order valence-electron chi connectivity index (χ2n) is 5.98. The quantitative estimate of drug-likeness (QED) is 0.841. The number of benzene rings is 1. The van der Waals surface area contributed by atoms with Gasteiger partial charge in [-0.2, -0.15) is 0 Å². The number of amides is 1. The van der Waals surface area contributed by atoms with Gasteiger partial charge in [-0.3, -0.25) is 4.79 Å². The van der Waals surface area contributed by atoms with Crippen molar-refractivity contribution in [3.63, 3.8) is 0 Å². The zero-order valence-electron chi connectivity index (χ0n) is 12.9. The van der Waals surface area contributed by atoms with Crippen LogP contribution in [0.15, 0.2) is 30.5 Å². The molecule has 0 aliphatic heterocycles. The number of pyridine rings is 1. The summed E-state index contributed by atoms with van der Waals surface area (Å²) in [5, 5.41) is 5.33. The van der Waals surface area contributed by atoms with E-state index in [0.717, 1.165) is 12.1 Å². The lowest BCUT2D eigenvalue weighted by Crippen LogP contribution is -2.26. The van der Waals surface area contributed by atoms with E-state index in [1.807, 2.05) is 20.8 Å². The first-order valence-corrected chi connectivity index (χ1v) is 6.86. The lowest BCUT2D eigenvalue weighted by molar-refractivity contribution is 0.102. The molecule has 1 aromatic heterocycles. The Bertz CT molecular complexity index is 725. The minimum absolute atomic E-state index is 0.0218. The number of hydrogen-bond acceptors (Lipinski definition) is 3. The molecule has 0 fully saturated rings. The average molecular weight is 323 g/mol. The van der Waals surface area contributed by atoms with Gasteiger partial charge in [0.05, 0.1) is 17.6 Å². The summed E-state index contributed by atoms with van der Waals surface area (Å²) in [5.41, 5.74) is 0.120. The molecule has 23 heavy (non-hydrogen) atoms. The SMILES string of the molecule is CC(C)(C)Nc1ccc(C(=O)Nc2ccc(F)c(F)c2F)nc1. The maximum Gasteiger partial charge on any atom is 0.274 e. The Labute approximate surface area is 131 Å². The largest absolute Gasteiger partial charge is 0.379 e. The summed E-state index contributed by atoms with van der Waals surface area (Å²) in [4.78, 5) is 15.9. The van der Waals surface area contributed by atoms with Gasteiger partial charge in [0.15, 0.2) is 17.5 Å². The molecule has 2 rings (SSSR count). The van der Waals surface area contributed by atoms with Crippen LogP contribution in [-0.2, 0) is 0 Å². The molecule has 0 unspecified atom stereocenters. The molecule has 0 radical (unpaired) electrons. The number of rotatable bonds is 3. The molecule has 0 spiro atoms. The smallest absolute Gasteiger partial charge is 0.274 e. The summed E-state index contributed by atoms with van der Waals surface area (Å²) in [6.07, 6.45) is 1.46. The predicted octanol–water partition coefficient (Wildman–Crippen LogP) is 3.96. The molecule has 2 N–H and O–H groups in total. The third kappa shape index (κ3) is 4.21. The Morgan fingerprint density at radius 1 is 1.04 bits per heavy atom. The highest BCUT2D eigenvalue weighted by Gasteiger charge is 2.17. The van der Waals surface area contributed by atoms with Gasteiger partial charge in [-0.05, 0) is 45.0 Å². The van der Waals surface area contributed by atoms with Crippen molar-refractivity contribution >= 4 is 17.3 Å². The highest BCUT2D eigenvalue weighted by atomic mass is 19.2. The maximum atomic E-state index is 13.5. The first-order valence-electron chi connectivity index (χ1n) is 6.86. The zero-order valence-corrected chi connectivity index (χ0v) is 12.9. The van der Waals surface area contributed by atoms with Crippen molar-refractivity contribution < 1.29 is 18.0 Å². The van der Waals surface area contributed by atoms with E-state index in [2.05, 4.69) is 15.6 Å². The van der Waals surface area contributed by atoms with Crippen LogP contribution in [0.3, 0.4) is 0 Å². The number of aromatic nitrogens is 1. The summed E-state index contributed by atoms with van der Waals surface area (Å²) in [5.74, 6) is -5.14. The van der Waals surface area contributed by atoms with E-state index >= 15 is 0 Å². The summed E-state index contributed by atoms with van der Waals surface area (Å²) in [7, 11) is 0. The van der Waals surface area contributed by atoms with Gasteiger partial charge in [-0.1, -0.05) is 0 Å². The second-order valence-corrected chi connectivity index (χ2v) is 5.98. The second kappa shape index (κ2) is 6.28. The molecule has 1 heterocycles. The Morgan fingerprint density at radius 3 is 2.30 bits per heavy atom. The van der Waals surface area contributed by atoms with Gasteiger partial charge in [0.1, 0.15) is 5.69 Å². The molecule has 0 saturated heterocycles. The maximum absolute atomic E-state index is 13.5. The van der Waals surface area contributed by atoms with Crippen LogP contribution < -0.4 is 10.6 Å². The van der Waals surface area contributed by atoms with Crippen molar-refractivity contribution in [1.82, 2.24) is 4.98 Å². The molecule has 1 aromatic carbocycles.